The van der Waals surface area contributed by atoms with E-state index >= 15 is 0 Å². The number of methoxy groups -OCH3 is 1. The van der Waals surface area contributed by atoms with Crippen LogP contribution in [0.15, 0.2) is 30.6 Å². The summed E-state index contributed by atoms with van der Waals surface area (Å²) in [7, 11) is 1.32. The van der Waals surface area contributed by atoms with Crippen LogP contribution in [0.25, 0.3) is 22.2 Å². The van der Waals surface area contributed by atoms with Crippen molar-refractivity contribution in [2.24, 2.45) is 0 Å². The molecule has 0 bridgehead atoms. The molecule has 0 aliphatic heterocycles. The average molecular weight is 311 g/mol. The average Bonchev–Trinajstić information content (AvgIpc) is 2.58. The SMILES string of the molecule is COc1cc(C)c(F)c(-c2ccc(C#N)c3nccnc23)c1F. The highest BCUT2D eigenvalue weighted by molar-refractivity contribution is 5.95. The third kappa shape index (κ3) is 2.27. The van der Waals surface area contributed by atoms with E-state index in [0.717, 1.165) is 0 Å². The van der Waals surface area contributed by atoms with Crippen molar-refractivity contribution >= 4 is 11.0 Å². The van der Waals surface area contributed by atoms with Crippen molar-refractivity contribution in [3.8, 4) is 22.9 Å². The van der Waals surface area contributed by atoms with Gasteiger partial charge in [-0.05, 0) is 24.6 Å². The largest absolute Gasteiger partial charge is 0.494 e. The zero-order valence-electron chi connectivity index (χ0n) is 12.4. The van der Waals surface area contributed by atoms with Gasteiger partial charge in [0.2, 0.25) is 0 Å². The number of fused-ring (bicyclic) bond motifs is 1. The monoisotopic (exact) mass is 311 g/mol. The van der Waals surface area contributed by atoms with E-state index in [1.54, 1.807) is 0 Å². The molecule has 0 saturated carbocycles. The fourth-order valence-corrected chi connectivity index (χ4v) is 2.47. The van der Waals surface area contributed by atoms with Crippen LogP contribution in [0, 0.1) is 29.9 Å². The van der Waals surface area contributed by atoms with Gasteiger partial charge >= 0.3 is 0 Å². The number of halogens is 2. The Balaban J connectivity index is 2.44. The molecule has 1 aromatic heterocycles. The summed E-state index contributed by atoms with van der Waals surface area (Å²) in [5.74, 6) is -1.56. The smallest absolute Gasteiger partial charge is 0.175 e. The quantitative estimate of drug-likeness (QED) is 0.723. The summed E-state index contributed by atoms with van der Waals surface area (Å²) in [5, 5.41) is 9.15. The summed E-state index contributed by atoms with van der Waals surface area (Å²) in [6, 6.07) is 6.23. The number of ether oxygens (including phenoxy) is 1. The zero-order chi connectivity index (χ0) is 16.6. The highest BCUT2D eigenvalue weighted by atomic mass is 19.1. The van der Waals surface area contributed by atoms with E-state index in [0.29, 0.717) is 5.52 Å². The lowest BCUT2D eigenvalue weighted by Crippen LogP contribution is -2.00. The summed E-state index contributed by atoms with van der Waals surface area (Å²) in [6.07, 6.45) is 2.84. The van der Waals surface area contributed by atoms with Crippen molar-refractivity contribution < 1.29 is 13.5 Å². The molecular formula is C17H11F2N3O. The van der Waals surface area contributed by atoms with Gasteiger partial charge in [0.15, 0.2) is 11.6 Å². The Morgan fingerprint density at radius 1 is 1.09 bits per heavy atom. The first-order valence-electron chi connectivity index (χ1n) is 6.75. The van der Waals surface area contributed by atoms with Gasteiger partial charge in [0, 0.05) is 18.0 Å². The zero-order valence-corrected chi connectivity index (χ0v) is 12.4. The third-order valence-electron chi connectivity index (χ3n) is 3.58. The van der Waals surface area contributed by atoms with Crippen LogP contribution in [0.3, 0.4) is 0 Å². The van der Waals surface area contributed by atoms with E-state index in [1.807, 2.05) is 6.07 Å². The maximum atomic E-state index is 14.6. The minimum absolute atomic E-state index is 0.0553. The Kier molecular flexibility index (Phi) is 3.62. The molecule has 0 fully saturated rings. The summed E-state index contributed by atoms with van der Waals surface area (Å²) in [4.78, 5) is 8.25. The number of nitriles is 1. The second-order valence-electron chi connectivity index (χ2n) is 4.92. The lowest BCUT2D eigenvalue weighted by Gasteiger charge is -2.13. The van der Waals surface area contributed by atoms with E-state index in [4.69, 9.17) is 10.00 Å². The lowest BCUT2D eigenvalue weighted by atomic mass is 9.98. The Morgan fingerprint density at radius 2 is 1.78 bits per heavy atom. The molecule has 2 aromatic carbocycles. The maximum absolute atomic E-state index is 14.6. The number of nitrogens with zero attached hydrogens (tertiary/aromatic N) is 3. The van der Waals surface area contributed by atoms with Crippen molar-refractivity contribution in [3.63, 3.8) is 0 Å². The van der Waals surface area contributed by atoms with Crippen LogP contribution in [0.2, 0.25) is 0 Å². The second kappa shape index (κ2) is 5.61. The number of aryl methyl sites for hydroxylation is 1. The van der Waals surface area contributed by atoms with Gasteiger partial charge in [-0.25, -0.2) is 8.78 Å². The van der Waals surface area contributed by atoms with E-state index < -0.39 is 11.6 Å². The second-order valence-corrected chi connectivity index (χ2v) is 4.92. The molecular weight excluding hydrogens is 300 g/mol. The van der Waals surface area contributed by atoms with Crippen LogP contribution in [0.5, 0.6) is 5.75 Å². The van der Waals surface area contributed by atoms with Crippen molar-refractivity contribution in [1.82, 2.24) is 9.97 Å². The van der Waals surface area contributed by atoms with Crippen LogP contribution < -0.4 is 4.74 Å². The summed E-state index contributed by atoms with van der Waals surface area (Å²) in [6.45, 7) is 1.53. The van der Waals surface area contributed by atoms with Gasteiger partial charge in [-0.15, -0.1) is 0 Å². The fraction of sp³-hybridized carbons (Fsp3) is 0.118. The normalized spacial score (nSPS) is 10.6. The third-order valence-corrected chi connectivity index (χ3v) is 3.58. The molecule has 0 amide bonds. The molecule has 0 aliphatic carbocycles. The van der Waals surface area contributed by atoms with E-state index in [9.17, 15) is 8.78 Å². The lowest BCUT2D eigenvalue weighted by molar-refractivity contribution is 0.384. The molecule has 4 nitrogen and oxygen atoms in total. The fourth-order valence-electron chi connectivity index (χ4n) is 2.47. The topological polar surface area (TPSA) is 58.8 Å². The van der Waals surface area contributed by atoms with Gasteiger partial charge in [-0.3, -0.25) is 9.97 Å². The maximum Gasteiger partial charge on any atom is 0.175 e. The van der Waals surface area contributed by atoms with Gasteiger partial charge in [-0.1, -0.05) is 6.07 Å². The molecule has 0 N–H and O–H groups in total. The Labute approximate surface area is 131 Å². The Hall–Kier alpha value is -3.07. The van der Waals surface area contributed by atoms with Crippen molar-refractivity contribution in [2.75, 3.05) is 7.11 Å². The minimum Gasteiger partial charge on any atom is -0.494 e. The molecule has 0 spiro atoms. The molecule has 114 valence electrons. The minimum atomic E-state index is -0.813. The molecule has 1 heterocycles. The van der Waals surface area contributed by atoms with Gasteiger partial charge in [0.25, 0.3) is 0 Å². The Morgan fingerprint density at radius 3 is 2.43 bits per heavy atom. The van der Waals surface area contributed by atoms with Crippen molar-refractivity contribution in [2.45, 2.75) is 6.92 Å². The standard InChI is InChI=1S/C17H11F2N3O/c1-9-7-12(23-2)15(19)13(14(9)18)11-4-3-10(8-20)16-17(11)22-6-5-21-16/h3-7H,1-2H3. The highest BCUT2D eigenvalue weighted by Gasteiger charge is 2.22. The molecule has 0 radical (unpaired) electrons. The highest BCUT2D eigenvalue weighted by Crippen LogP contribution is 2.37. The molecule has 23 heavy (non-hydrogen) atoms. The van der Waals surface area contributed by atoms with E-state index in [2.05, 4.69) is 9.97 Å². The molecule has 0 unspecified atom stereocenters. The van der Waals surface area contributed by atoms with Crippen molar-refractivity contribution in [3.05, 3.63) is 53.4 Å². The first-order valence-corrected chi connectivity index (χ1v) is 6.75. The molecule has 0 aliphatic rings. The van der Waals surface area contributed by atoms with Gasteiger partial charge in [0.1, 0.15) is 17.4 Å². The van der Waals surface area contributed by atoms with Gasteiger partial charge in [0.05, 0.1) is 23.8 Å². The summed E-state index contributed by atoms with van der Waals surface area (Å²) < 4.78 is 34.2. The molecule has 6 heteroatoms. The predicted octanol–water partition coefficient (Wildman–Crippen LogP) is 3.76. The van der Waals surface area contributed by atoms with Crippen LogP contribution >= 0.6 is 0 Å². The molecule has 0 atom stereocenters. The number of aromatic nitrogens is 2. The first-order chi connectivity index (χ1) is 11.1. The predicted molar refractivity (Wildman–Crippen MR) is 80.9 cm³/mol. The van der Waals surface area contributed by atoms with Gasteiger partial charge < -0.3 is 4.74 Å². The number of hydrogen-bond donors (Lipinski definition) is 0. The molecule has 3 aromatic rings. The van der Waals surface area contributed by atoms with Crippen molar-refractivity contribution in [1.29, 1.82) is 5.26 Å². The summed E-state index contributed by atoms with van der Waals surface area (Å²) in [5.41, 5.74) is 1.08. The molecule has 3 rings (SSSR count). The van der Waals surface area contributed by atoms with E-state index in [1.165, 1.54) is 44.6 Å². The van der Waals surface area contributed by atoms with E-state index in [-0.39, 0.29) is 33.5 Å². The summed E-state index contributed by atoms with van der Waals surface area (Å²) >= 11 is 0. The van der Waals surface area contributed by atoms with Gasteiger partial charge in [-0.2, -0.15) is 5.26 Å². The number of rotatable bonds is 2. The van der Waals surface area contributed by atoms with Crippen LogP contribution in [0.4, 0.5) is 8.78 Å². The number of hydrogen-bond acceptors (Lipinski definition) is 4. The first kappa shape index (κ1) is 14.9. The Bertz CT molecular complexity index is 964. The molecule has 0 saturated heterocycles. The number of benzene rings is 2. The van der Waals surface area contributed by atoms with Crippen LogP contribution in [0.1, 0.15) is 11.1 Å². The van der Waals surface area contributed by atoms with Crippen LogP contribution in [-0.4, -0.2) is 17.1 Å². The van der Waals surface area contributed by atoms with Crippen LogP contribution in [-0.2, 0) is 0 Å².